The minimum absolute atomic E-state index is 0.222. The van der Waals surface area contributed by atoms with Crippen LogP contribution in [0.3, 0.4) is 0 Å². The highest BCUT2D eigenvalue weighted by molar-refractivity contribution is 5.35. The number of hydrogen-bond acceptors (Lipinski definition) is 2. The van der Waals surface area contributed by atoms with E-state index >= 15 is 0 Å². The van der Waals surface area contributed by atoms with E-state index < -0.39 is 0 Å². The molecule has 0 spiro atoms. The standard InChI is InChI=1S/C19H31NO/c1-15(2)21-19-14-10-9-13-18(19)16(3)20-17-11-7-5-4-6-8-12-17/h9-10,13-17,20H,4-8,11-12H2,1-3H3. The molecule has 2 nitrogen and oxygen atoms in total. The minimum Gasteiger partial charge on any atom is -0.491 e. The van der Waals surface area contributed by atoms with Gasteiger partial charge in [0, 0.05) is 17.6 Å². The van der Waals surface area contributed by atoms with Crippen molar-refractivity contribution in [2.24, 2.45) is 0 Å². The molecule has 118 valence electrons. The van der Waals surface area contributed by atoms with E-state index in [1.165, 1.54) is 50.5 Å². The van der Waals surface area contributed by atoms with Crippen LogP contribution < -0.4 is 10.1 Å². The van der Waals surface area contributed by atoms with Gasteiger partial charge in [0.05, 0.1) is 6.10 Å². The summed E-state index contributed by atoms with van der Waals surface area (Å²) < 4.78 is 5.96. The SMILES string of the molecule is CC(C)Oc1ccccc1C(C)NC1CCCCCCC1. The molecule has 1 unspecified atom stereocenters. The Hall–Kier alpha value is -1.02. The van der Waals surface area contributed by atoms with E-state index in [2.05, 4.69) is 50.4 Å². The fourth-order valence-electron chi connectivity index (χ4n) is 3.27. The molecule has 21 heavy (non-hydrogen) atoms. The summed E-state index contributed by atoms with van der Waals surface area (Å²) in [6.45, 7) is 6.44. The lowest BCUT2D eigenvalue weighted by Crippen LogP contribution is -2.32. The third kappa shape index (κ3) is 5.35. The van der Waals surface area contributed by atoms with Crippen molar-refractivity contribution in [1.29, 1.82) is 0 Å². The second-order valence-corrected chi connectivity index (χ2v) is 6.63. The van der Waals surface area contributed by atoms with Crippen LogP contribution in [0.2, 0.25) is 0 Å². The second-order valence-electron chi connectivity index (χ2n) is 6.63. The van der Waals surface area contributed by atoms with E-state index in [1.54, 1.807) is 0 Å². The molecule has 1 atom stereocenters. The zero-order valence-electron chi connectivity index (χ0n) is 13.9. The Balaban J connectivity index is 1.99. The number of rotatable bonds is 5. The number of ether oxygens (including phenoxy) is 1. The van der Waals surface area contributed by atoms with Crippen molar-refractivity contribution < 1.29 is 4.74 Å². The third-order valence-electron chi connectivity index (χ3n) is 4.34. The maximum Gasteiger partial charge on any atom is 0.124 e. The van der Waals surface area contributed by atoms with E-state index in [-0.39, 0.29) is 6.10 Å². The Morgan fingerprint density at radius 2 is 1.57 bits per heavy atom. The van der Waals surface area contributed by atoms with Crippen LogP contribution in [0.5, 0.6) is 5.75 Å². The Morgan fingerprint density at radius 3 is 2.24 bits per heavy atom. The zero-order chi connectivity index (χ0) is 15.1. The summed E-state index contributed by atoms with van der Waals surface area (Å²) in [5.41, 5.74) is 1.29. The van der Waals surface area contributed by atoms with Gasteiger partial charge in [-0.05, 0) is 39.7 Å². The molecule has 0 aliphatic heterocycles. The lowest BCUT2D eigenvalue weighted by Gasteiger charge is -2.26. The van der Waals surface area contributed by atoms with Gasteiger partial charge in [-0.15, -0.1) is 0 Å². The van der Waals surface area contributed by atoms with Gasteiger partial charge >= 0.3 is 0 Å². The molecule has 0 bridgehead atoms. The van der Waals surface area contributed by atoms with Crippen LogP contribution in [0.4, 0.5) is 0 Å². The smallest absolute Gasteiger partial charge is 0.124 e. The number of benzene rings is 1. The van der Waals surface area contributed by atoms with Crippen LogP contribution in [-0.2, 0) is 0 Å². The molecule has 1 N–H and O–H groups in total. The quantitative estimate of drug-likeness (QED) is 0.800. The van der Waals surface area contributed by atoms with Crippen LogP contribution in [0, 0.1) is 0 Å². The van der Waals surface area contributed by atoms with Gasteiger partial charge in [-0.1, -0.05) is 50.3 Å². The summed E-state index contributed by atoms with van der Waals surface area (Å²) in [6, 6.07) is 9.46. The molecule has 2 rings (SSSR count). The Labute approximate surface area is 130 Å². The summed E-state index contributed by atoms with van der Waals surface area (Å²) in [5, 5.41) is 3.84. The van der Waals surface area contributed by atoms with Crippen LogP contribution >= 0.6 is 0 Å². The van der Waals surface area contributed by atoms with Crippen molar-refractivity contribution in [3.05, 3.63) is 29.8 Å². The molecule has 0 radical (unpaired) electrons. The van der Waals surface area contributed by atoms with Crippen LogP contribution in [-0.4, -0.2) is 12.1 Å². The summed E-state index contributed by atoms with van der Waals surface area (Å²) >= 11 is 0. The normalized spacial score (nSPS) is 19.0. The topological polar surface area (TPSA) is 21.3 Å². The van der Waals surface area contributed by atoms with Crippen molar-refractivity contribution in [3.8, 4) is 5.75 Å². The molecule has 1 aliphatic rings. The van der Waals surface area contributed by atoms with Gasteiger partial charge in [0.25, 0.3) is 0 Å². The van der Waals surface area contributed by atoms with E-state index in [0.717, 1.165) is 5.75 Å². The van der Waals surface area contributed by atoms with Crippen molar-refractivity contribution in [1.82, 2.24) is 5.32 Å². The lowest BCUT2D eigenvalue weighted by molar-refractivity contribution is 0.237. The molecule has 1 fully saturated rings. The maximum atomic E-state index is 5.96. The van der Waals surface area contributed by atoms with Gasteiger partial charge < -0.3 is 10.1 Å². The highest BCUT2D eigenvalue weighted by Crippen LogP contribution is 2.27. The third-order valence-corrected chi connectivity index (χ3v) is 4.34. The Bertz CT molecular complexity index is 408. The summed E-state index contributed by atoms with van der Waals surface area (Å²) in [7, 11) is 0. The maximum absolute atomic E-state index is 5.96. The van der Waals surface area contributed by atoms with Crippen molar-refractivity contribution >= 4 is 0 Å². The van der Waals surface area contributed by atoms with Gasteiger partial charge in [0.1, 0.15) is 5.75 Å². The fraction of sp³-hybridized carbons (Fsp3) is 0.684. The molecule has 1 aromatic carbocycles. The molecule has 2 heteroatoms. The van der Waals surface area contributed by atoms with Crippen LogP contribution in [0.25, 0.3) is 0 Å². The van der Waals surface area contributed by atoms with Gasteiger partial charge in [0.2, 0.25) is 0 Å². The largest absolute Gasteiger partial charge is 0.491 e. The van der Waals surface area contributed by atoms with Gasteiger partial charge in [-0.3, -0.25) is 0 Å². The molecule has 0 saturated heterocycles. The highest BCUT2D eigenvalue weighted by Gasteiger charge is 2.17. The van der Waals surface area contributed by atoms with Crippen LogP contribution in [0.1, 0.15) is 77.3 Å². The molecule has 0 aromatic heterocycles. The minimum atomic E-state index is 0.222. The second kappa shape index (κ2) is 8.43. The van der Waals surface area contributed by atoms with E-state index in [1.807, 2.05) is 0 Å². The van der Waals surface area contributed by atoms with E-state index in [4.69, 9.17) is 4.74 Å². The number of hydrogen-bond donors (Lipinski definition) is 1. The first-order chi connectivity index (χ1) is 10.2. The van der Waals surface area contributed by atoms with Crippen molar-refractivity contribution in [3.63, 3.8) is 0 Å². The molecule has 1 aromatic rings. The zero-order valence-corrected chi connectivity index (χ0v) is 13.9. The average Bonchev–Trinajstić information content (AvgIpc) is 2.41. The summed E-state index contributed by atoms with van der Waals surface area (Å²) in [5.74, 6) is 1.03. The monoisotopic (exact) mass is 289 g/mol. The first-order valence-electron chi connectivity index (χ1n) is 8.68. The molecule has 1 aliphatic carbocycles. The first-order valence-corrected chi connectivity index (χ1v) is 8.68. The molecule has 1 saturated carbocycles. The number of nitrogens with one attached hydrogen (secondary N) is 1. The van der Waals surface area contributed by atoms with Crippen molar-refractivity contribution in [2.45, 2.75) is 83.9 Å². The lowest BCUT2D eigenvalue weighted by atomic mass is 9.95. The molecular weight excluding hydrogens is 258 g/mol. The Morgan fingerprint density at radius 1 is 0.952 bits per heavy atom. The van der Waals surface area contributed by atoms with E-state index in [0.29, 0.717) is 12.1 Å². The molecule has 0 amide bonds. The Kier molecular flexibility index (Phi) is 6.56. The highest BCUT2D eigenvalue weighted by atomic mass is 16.5. The van der Waals surface area contributed by atoms with Gasteiger partial charge in [-0.25, -0.2) is 0 Å². The summed E-state index contributed by atoms with van der Waals surface area (Å²) in [4.78, 5) is 0. The van der Waals surface area contributed by atoms with Crippen molar-refractivity contribution in [2.75, 3.05) is 0 Å². The van der Waals surface area contributed by atoms with Gasteiger partial charge in [-0.2, -0.15) is 0 Å². The number of para-hydroxylation sites is 1. The average molecular weight is 289 g/mol. The predicted molar refractivity (Wildman–Crippen MR) is 89.9 cm³/mol. The predicted octanol–water partition coefficient (Wildman–Crippen LogP) is 5.24. The first kappa shape index (κ1) is 16.4. The summed E-state index contributed by atoms with van der Waals surface area (Å²) in [6.07, 6.45) is 9.82. The van der Waals surface area contributed by atoms with Gasteiger partial charge in [0.15, 0.2) is 0 Å². The fourth-order valence-corrected chi connectivity index (χ4v) is 3.27. The van der Waals surface area contributed by atoms with E-state index in [9.17, 15) is 0 Å². The molecule has 0 heterocycles. The van der Waals surface area contributed by atoms with Crippen LogP contribution in [0.15, 0.2) is 24.3 Å². The molecular formula is C19H31NO.